The molecule has 0 spiro atoms. The molecular formula is C52H33NOS. The molecular weight excluding hydrogens is 687 g/mol. The Balaban J connectivity index is 1.07. The van der Waals surface area contributed by atoms with Crippen molar-refractivity contribution in [1.82, 2.24) is 0 Å². The highest BCUT2D eigenvalue weighted by Crippen LogP contribution is 2.48. The molecule has 0 aliphatic heterocycles. The van der Waals surface area contributed by atoms with Crippen molar-refractivity contribution in [2.75, 3.05) is 4.90 Å². The molecule has 3 heteroatoms. The van der Waals surface area contributed by atoms with Gasteiger partial charge in [0.25, 0.3) is 0 Å². The fourth-order valence-electron chi connectivity index (χ4n) is 8.29. The fraction of sp³-hybridized carbons (Fsp3) is 0. The maximum atomic E-state index is 6.50. The average Bonchev–Trinajstić information content (AvgIpc) is 3.83. The van der Waals surface area contributed by atoms with E-state index in [-0.39, 0.29) is 0 Å². The molecule has 2 aromatic heterocycles. The summed E-state index contributed by atoms with van der Waals surface area (Å²) in [6.07, 6.45) is 0. The Morgan fingerprint density at radius 1 is 0.364 bits per heavy atom. The maximum absolute atomic E-state index is 6.50. The molecule has 0 N–H and O–H groups in total. The second-order valence-electron chi connectivity index (χ2n) is 14.0. The van der Waals surface area contributed by atoms with Gasteiger partial charge in [-0.2, -0.15) is 0 Å². The standard InChI is InChI=1S/C52H33NOS/c1-3-13-35(14-4-1)39-30-31-47(42-18-8-7-17-41(39)42)53(48-23-12-22-45-43-19-9-10-24-50(43)55-52(45)48)38-28-25-34(26-29-38)37-27-32-49-46(33-37)44-21-11-20-40(51(44)54-49)36-15-5-2-6-16-36/h1-33H. The average molecular weight is 720 g/mol. The SMILES string of the molecule is c1ccc(-c2ccc(N(c3ccc(-c4ccc5oc6c(-c7ccccc7)cccc6c5c4)cc3)c3cccc4c3sc3ccccc34)c3ccccc23)cc1. The Morgan fingerprint density at radius 3 is 1.80 bits per heavy atom. The van der Waals surface area contributed by atoms with Gasteiger partial charge in [0.1, 0.15) is 11.2 Å². The van der Waals surface area contributed by atoms with Crippen LogP contribution in [0.1, 0.15) is 0 Å². The molecule has 0 radical (unpaired) electrons. The number of hydrogen-bond donors (Lipinski definition) is 0. The third-order valence-corrected chi connectivity index (χ3v) is 12.1. The molecule has 0 fully saturated rings. The van der Waals surface area contributed by atoms with Gasteiger partial charge in [0.2, 0.25) is 0 Å². The molecule has 0 bridgehead atoms. The van der Waals surface area contributed by atoms with E-state index in [0.29, 0.717) is 0 Å². The molecule has 0 amide bonds. The van der Waals surface area contributed by atoms with Crippen LogP contribution >= 0.6 is 11.3 Å². The van der Waals surface area contributed by atoms with Gasteiger partial charge in [0.05, 0.1) is 16.1 Å². The number of thiophene rings is 1. The zero-order chi connectivity index (χ0) is 36.3. The van der Waals surface area contributed by atoms with Crippen LogP contribution in [0.4, 0.5) is 17.1 Å². The van der Waals surface area contributed by atoms with E-state index in [1.807, 2.05) is 17.4 Å². The van der Waals surface area contributed by atoms with Crippen LogP contribution in [0.2, 0.25) is 0 Å². The van der Waals surface area contributed by atoms with Gasteiger partial charge in [0.15, 0.2) is 0 Å². The molecule has 2 nitrogen and oxygen atoms in total. The highest BCUT2D eigenvalue weighted by molar-refractivity contribution is 7.26. The molecule has 0 aliphatic carbocycles. The van der Waals surface area contributed by atoms with Crippen molar-refractivity contribution >= 4 is 81.3 Å². The van der Waals surface area contributed by atoms with Gasteiger partial charge in [-0.05, 0) is 75.7 Å². The molecule has 0 saturated carbocycles. The van der Waals surface area contributed by atoms with E-state index < -0.39 is 0 Å². The van der Waals surface area contributed by atoms with E-state index in [1.165, 1.54) is 47.8 Å². The van der Waals surface area contributed by atoms with E-state index >= 15 is 0 Å². The van der Waals surface area contributed by atoms with Crippen molar-refractivity contribution in [2.24, 2.45) is 0 Å². The van der Waals surface area contributed by atoms with E-state index in [9.17, 15) is 0 Å². The summed E-state index contributed by atoms with van der Waals surface area (Å²) in [5, 5.41) is 7.26. The lowest BCUT2D eigenvalue weighted by Crippen LogP contribution is -2.10. The van der Waals surface area contributed by atoms with Crippen molar-refractivity contribution in [3.05, 3.63) is 200 Å². The van der Waals surface area contributed by atoms with Crippen LogP contribution < -0.4 is 4.90 Å². The van der Waals surface area contributed by atoms with Crippen LogP contribution in [0.3, 0.4) is 0 Å². The number of fused-ring (bicyclic) bond motifs is 7. The van der Waals surface area contributed by atoms with Crippen molar-refractivity contribution in [2.45, 2.75) is 0 Å². The summed E-state index contributed by atoms with van der Waals surface area (Å²) in [6.45, 7) is 0. The monoisotopic (exact) mass is 719 g/mol. The highest BCUT2D eigenvalue weighted by Gasteiger charge is 2.21. The lowest BCUT2D eigenvalue weighted by molar-refractivity contribution is 0.670. The first kappa shape index (κ1) is 31.6. The Kier molecular flexibility index (Phi) is 7.39. The molecule has 11 aromatic rings. The Hall–Kier alpha value is -6.94. The molecule has 258 valence electrons. The molecule has 0 aliphatic rings. The smallest absolute Gasteiger partial charge is 0.143 e. The third kappa shape index (κ3) is 5.24. The van der Waals surface area contributed by atoms with Crippen LogP contribution in [0.5, 0.6) is 0 Å². The third-order valence-electron chi connectivity index (χ3n) is 10.9. The number of anilines is 3. The van der Waals surface area contributed by atoms with Gasteiger partial charge >= 0.3 is 0 Å². The normalized spacial score (nSPS) is 11.6. The molecule has 0 saturated heterocycles. The first-order chi connectivity index (χ1) is 27.3. The minimum absolute atomic E-state index is 0.896. The number of rotatable bonds is 6. The largest absolute Gasteiger partial charge is 0.455 e. The number of nitrogens with zero attached hydrogens (tertiary/aromatic N) is 1. The fourth-order valence-corrected chi connectivity index (χ4v) is 9.50. The van der Waals surface area contributed by atoms with Crippen molar-refractivity contribution in [3.63, 3.8) is 0 Å². The van der Waals surface area contributed by atoms with Crippen molar-refractivity contribution in [1.29, 1.82) is 0 Å². The van der Waals surface area contributed by atoms with Gasteiger partial charge in [-0.15, -0.1) is 11.3 Å². The van der Waals surface area contributed by atoms with Gasteiger partial charge in [-0.25, -0.2) is 0 Å². The van der Waals surface area contributed by atoms with Crippen molar-refractivity contribution < 1.29 is 4.42 Å². The van der Waals surface area contributed by atoms with E-state index in [1.54, 1.807) is 0 Å². The van der Waals surface area contributed by atoms with E-state index in [2.05, 4.69) is 199 Å². The number of furan rings is 1. The van der Waals surface area contributed by atoms with Crippen LogP contribution in [-0.4, -0.2) is 0 Å². The minimum Gasteiger partial charge on any atom is -0.455 e. The quantitative estimate of drug-likeness (QED) is 0.170. The summed E-state index contributed by atoms with van der Waals surface area (Å²) >= 11 is 1.86. The van der Waals surface area contributed by atoms with Crippen LogP contribution in [0.25, 0.3) is 86.3 Å². The summed E-state index contributed by atoms with van der Waals surface area (Å²) in [5.74, 6) is 0. The Labute approximate surface area is 322 Å². The van der Waals surface area contributed by atoms with Crippen molar-refractivity contribution in [3.8, 4) is 33.4 Å². The van der Waals surface area contributed by atoms with Gasteiger partial charge in [-0.1, -0.05) is 158 Å². The maximum Gasteiger partial charge on any atom is 0.143 e. The molecule has 9 aromatic carbocycles. The molecule has 11 rings (SSSR count). The number of hydrogen-bond acceptors (Lipinski definition) is 3. The van der Waals surface area contributed by atoms with Crippen LogP contribution in [0.15, 0.2) is 205 Å². The van der Waals surface area contributed by atoms with Gasteiger partial charge < -0.3 is 9.32 Å². The highest BCUT2D eigenvalue weighted by atomic mass is 32.1. The van der Waals surface area contributed by atoms with Crippen LogP contribution in [-0.2, 0) is 0 Å². The second kappa shape index (κ2) is 12.9. The lowest BCUT2D eigenvalue weighted by atomic mass is 9.96. The topological polar surface area (TPSA) is 16.4 Å². The van der Waals surface area contributed by atoms with Crippen LogP contribution in [0, 0.1) is 0 Å². The molecule has 0 unspecified atom stereocenters. The summed E-state index contributed by atoms with van der Waals surface area (Å²) in [4.78, 5) is 2.45. The van der Waals surface area contributed by atoms with Gasteiger partial charge in [-0.3, -0.25) is 0 Å². The first-order valence-corrected chi connectivity index (χ1v) is 19.5. The predicted octanol–water partition coefficient (Wildman–Crippen LogP) is 15.6. The summed E-state index contributed by atoms with van der Waals surface area (Å²) in [7, 11) is 0. The van der Waals surface area contributed by atoms with E-state index in [0.717, 1.165) is 55.6 Å². The molecule has 2 heterocycles. The zero-order valence-corrected chi connectivity index (χ0v) is 30.6. The Morgan fingerprint density at radius 2 is 1.00 bits per heavy atom. The predicted molar refractivity (Wildman–Crippen MR) is 235 cm³/mol. The molecule has 0 atom stereocenters. The first-order valence-electron chi connectivity index (χ1n) is 18.7. The molecule has 55 heavy (non-hydrogen) atoms. The lowest BCUT2D eigenvalue weighted by Gasteiger charge is -2.28. The minimum atomic E-state index is 0.896. The number of benzene rings is 9. The number of para-hydroxylation sites is 1. The summed E-state index contributed by atoms with van der Waals surface area (Å²) in [6, 6.07) is 72.1. The second-order valence-corrected chi connectivity index (χ2v) is 15.1. The Bertz CT molecular complexity index is 3190. The van der Waals surface area contributed by atoms with Gasteiger partial charge in [0, 0.05) is 42.9 Å². The zero-order valence-electron chi connectivity index (χ0n) is 29.8. The van der Waals surface area contributed by atoms with E-state index in [4.69, 9.17) is 4.42 Å². The summed E-state index contributed by atoms with van der Waals surface area (Å²) in [5.41, 5.74) is 12.3. The summed E-state index contributed by atoms with van der Waals surface area (Å²) < 4.78 is 9.07.